The van der Waals surface area contributed by atoms with Gasteiger partial charge in [-0.25, -0.2) is 4.39 Å². The van der Waals surface area contributed by atoms with Crippen LogP contribution in [-0.2, 0) is 0 Å². The molecule has 0 aromatic heterocycles. The summed E-state index contributed by atoms with van der Waals surface area (Å²) >= 11 is 6.00. The Morgan fingerprint density at radius 1 is 1.21 bits per heavy atom. The number of nitrogens with one attached hydrogen (secondary N) is 1. The molecule has 0 saturated carbocycles. The third kappa shape index (κ3) is 3.32. The minimum absolute atomic E-state index is 0.0978. The van der Waals surface area contributed by atoms with Gasteiger partial charge in [0, 0.05) is 16.3 Å². The number of hydrogen-bond acceptors (Lipinski definition) is 2. The first kappa shape index (κ1) is 13.6. The molecule has 2 rings (SSSR count). The van der Waals surface area contributed by atoms with Crippen LogP contribution < -0.4 is 5.32 Å². The van der Waals surface area contributed by atoms with Crippen LogP contribution in [0.4, 0.5) is 10.1 Å². The summed E-state index contributed by atoms with van der Waals surface area (Å²) in [6.45, 7) is 2.03. The van der Waals surface area contributed by atoms with Crippen LogP contribution in [0.25, 0.3) is 0 Å². The van der Waals surface area contributed by atoms with Crippen molar-refractivity contribution in [3.8, 4) is 0 Å². The molecular weight excluding hydrogens is 265 g/mol. The minimum atomic E-state index is -0.352. The Hall–Kier alpha value is -1.87. The van der Waals surface area contributed by atoms with Gasteiger partial charge in [-0.2, -0.15) is 0 Å². The quantitative estimate of drug-likeness (QED) is 0.853. The molecule has 0 aliphatic rings. The Bertz CT molecular complexity index is 596. The summed E-state index contributed by atoms with van der Waals surface area (Å²) in [5.74, 6) is -0.449. The molecule has 0 aliphatic heterocycles. The van der Waals surface area contributed by atoms with Crippen molar-refractivity contribution in [1.82, 2.24) is 0 Å². The molecule has 0 atom stereocenters. The van der Waals surface area contributed by atoms with Crippen LogP contribution in [0.2, 0.25) is 5.02 Å². The maximum Gasteiger partial charge on any atom is 0.181 e. The van der Waals surface area contributed by atoms with Gasteiger partial charge < -0.3 is 5.32 Å². The van der Waals surface area contributed by atoms with Crippen molar-refractivity contribution >= 4 is 23.1 Å². The van der Waals surface area contributed by atoms with E-state index in [4.69, 9.17) is 11.6 Å². The van der Waals surface area contributed by atoms with Gasteiger partial charge in [-0.3, -0.25) is 4.79 Å². The van der Waals surface area contributed by atoms with Crippen LogP contribution in [0.5, 0.6) is 0 Å². The van der Waals surface area contributed by atoms with E-state index in [2.05, 4.69) is 5.32 Å². The van der Waals surface area contributed by atoms with Gasteiger partial charge in [-0.1, -0.05) is 17.7 Å². The number of hydrogen-bond donors (Lipinski definition) is 1. The van der Waals surface area contributed by atoms with E-state index in [9.17, 15) is 9.18 Å². The Kier molecular flexibility index (Phi) is 4.17. The van der Waals surface area contributed by atoms with E-state index in [1.165, 1.54) is 24.3 Å². The first-order chi connectivity index (χ1) is 9.08. The van der Waals surface area contributed by atoms with E-state index in [0.717, 1.165) is 11.3 Å². The first-order valence-electron chi connectivity index (χ1n) is 5.85. The van der Waals surface area contributed by atoms with E-state index >= 15 is 0 Å². The van der Waals surface area contributed by atoms with Gasteiger partial charge in [0.25, 0.3) is 0 Å². The molecule has 0 aliphatic carbocycles. The van der Waals surface area contributed by atoms with E-state index in [1.54, 1.807) is 6.07 Å². The predicted molar refractivity (Wildman–Crippen MR) is 75.4 cm³/mol. The zero-order valence-electron chi connectivity index (χ0n) is 10.4. The summed E-state index contributed by atoms with van der Waals surface area (Å²) in [6, 6.07) is 11.0. The SMILES string of the molecule is Cc1c(Cl)cccc1NCC(=O)c1ccc(F)cc1. The smallest absolute Gasteiger partial charge is 0.181 e. The van der Waals surface area contributed by atoms with Gasteiger partial charge >= 0.3 is 0 Å². The number of halogens is 2. The summed E-state index contributed by atoms with van der Waals surface area (Å²) in [5.41, 5.74) is 2.20. The second-order valence-corrected chi connectivity index (χ2v) is 4.60. The average molecular weight is 278 g/mol. The number of carbonyl (C=O) groups excluding carboxylic acids is 1. The fourth-order valence-corrected chi connectivity index (χ4v) is 1.89. The standard InChI is InChI=1S/C15H13ClFNO/c1-10-13(16)3-2-4-14(10)18-9-15(19)11-5-7-12(17)8-6-11/h2-8,18H,9H2,1H3. The lowest BCUT2D eigenvalue weighted by molar-refractivity contribution is 0.101. The van der Waals surface area contributed by atoms with Gasteiger partial charge in [0.05, 0.1) is 6.54 Å². The molecule has 0 saturated heterocycles. The molecule has 2 aromatic rings. The highest BCUT2D eigenvalue weighted by Crippen LogP contribution is 2.22. The summed E-state index contributed by atoms with van der Waals surface area (Å²) in [4.78, 5) is 11.9. The molecule has 0 unspecified atom stereocenters. The molecule has 0 heterocycles. The molecule has 1 N–H and O–H groups in total. The van der Waals surface area contributed by atoms with E-state index in [1.807, 2.05) is 19.1 Å². The van der Waals surface area contributed by atoms with E-state index in [0.29, 0.717) is 10.6 Å². The maximum atomic E-state index is 12.8. The largest absolute Gasteiger partial charge is 0.377 e. The lowest BCUT2D eigenvalue weighted by atomic mass is 10.1. The highest BCUT2D eigenvalue weighted by Gasteiger charge is 2.07. The first-order valence-corrected chi connectivity index (χ1v) is 6.23. The Morgan fingerprint density at radius 2 is 1.89 bits per heavy atom. The van der Waals surface area contributed by atoms with Gasteiger partial charge in [-0.15, -0.1) is 0 Å². The molecule has 0 fully saturated rings. The van der Waals surface area contributed by atoms with E-state index in [-0.39, 0.29) is 18.1 Å². The number of carbonyl (C=O) groups is 1. The van der Waals surface area contributed by atoms with Crippen LogP contribution in [-0.4, -0.2) is 12.3 Å². The van der Waals surface area contributed by atoms with Crippen LogP contribution in [0.15, 0.2) is 42.5 Å². The lowest BCUT2D eigenvalue weighted by Crippen LogP contribution is -2.14. The summed E-state index contributed by atoms with van der Waals surface area (Å²) in [5, 5.41) is 3.69. The van der Waals surface area contributed by atoms with Crippen LogP contribution in [0.3, 0.4) is 0 Å². The van der Waals surface area contributed by atoms with Crippen molar-refractivity contribution < 1.29 is 9.18 Å². The van der Waals surface area contributed by atoms with Crippen molar-refractivity contribution in [1.29, 1.82) is 0 Å². The molecule has 0 spiro atoms. The Morgan fingerprint density at radius 3 is 2.58 bits per heavy atom. The molecule has 2 nitrogen and oxygen atoms in total. The van der Waals surface area contributed by atoms with Crippen molar-refractivity contribution in [2.75, 3.05) is 11.9 Å². The van der Waals surface area contributed by atoms with Crippen molar-refractivity contribution in [2.24, 2.45) is 0 Å². The maximum absolute atomic E-state index is 12.8. The fraction of sp³-hybridized carbons (Fsp3) is 0.133. The van der Waals surface area contributed by atoms with Gasteiger partial charge in [0.15, 0.2) is 5.78 Å². The summed E-state index contributed by atoms with van der Waals surface area (Å²) in [7, 11) is 0. The van der Waals surface area contributed by atoms with Crippen LogP contribution in [0.1, 0.15) is 15.9 Å². The highest BCUT2D eigenvalue weighted by molar-refractivity contribution is 6.31. The van der Waals surface area contributed by atoms with Crippen molar-refractivity contribution in [3.05, 3.63) is 64.4 Å². The fourth-order valence-electron chi connectivity index (χ4n) is 1.71. The average Bonchev–Trinajstić information content (AvgIpc) is 2.41. The minimum Gasteiger partial charge on any atom is -0.377 e. The third-order valence-corrected chi connectivity index (χ3v) is 3.28. The van der Waals surface area contributed by atoms with Crippen LogP contribution >= 0.6 is 11.6 Å². The number of anilines is 1. The van der Waals surface area contributed by atoms with Gasteiger partial charge in [0.1, 0.15) is 5.82 Å². The number of rotatable bonds is 4. The van der Waals surface area contributed by atoms with Gasteiger partial charge in [-0.05, 0) is 48.9 Å². The predicted octanol–water partition coefficient (Wildman–Crippen LogP) is 4.08. The van der Waals surface area contributed by atoms with Crippen LogP contribution in [0, 0.1) is 12.7 Å². The lowest BCUT2D eigenvalue weighted by Gasteiger charge is -2.10. The van der Waals surface area contributed by atoms with Crippen molar-refractivity contribution in [2.45, 2.75) is 6.92 Å². The molecular formula is C15H13ClFNO. The zero-order chi connectivity index (χ0) is 13.8. The number of Topliss-reactive ketones (excluding diaryl/α,β-unsaturated/α-hetero) is 1. The zero-order valence-corrected chi connectivity index (χ0v) is 11.2. The van der Waals surface area contributed by atoms with E-state index < -0.39 is 0 Å². The molecule has 0 amide bonds. The molecule has 4 heteroatoms. The normalized spacial score (nSPS) is 10.3. The van der Waals surface area contributed by atoms with Crippen molar-refractivity contribution in [3.63, 3.8) is 0 Å². The second kappa shape index (κ2) is 5.85. The highest BCUT2D eigenvalue weighted by atomic mass is 35.5. The number of benzene rings is 2. The second-order valence-electron chi connectivity index (χ2n) is 4.20. The Labute approximate surface area is 116 Å². The monoisotopic (exact) mass is 277 g/mol. The summed E-state index contributed by atoms with van der Waals surface area (Å²) in [6.07, 6.45) is 0. The third-order valence-electron chi connectivity index (χ3n) is 2.87. The molecule has 0 bridgehead atoms. The molecule has 0 radical (unpaired) electrons. The molecule has 19 heavy (non-hydrogen) atoms. The molecule has 98 valence electrons. The summed E-state index contributed by atoms with van der Waals surface area (Å²) < 4.78 is 12.8. The Balaban J connectivity index is 2.04. The topological polar surface area (TPSA) is 29.1 Å². The molecule has 2 aromatic carbocycles. The number of ketones is 1. The van der Waals surface area contributed by atoms with Gasteiger partial charge in [0.2, 0.25) is 0 Å².